The normalized spacial score (nSPS) is 13.3. The van der Waals surface area contributed by atoms with Gasteiger partial charge in [0, 0.05) is 11.9 Å². The summed E-state index contributed by atoms with van der Waals surface area (Å²) in [6.45, 7) is 1.35. The largest absolute Gasteiger partial charge is 0.485 e. The van der Waals surface area contributed by atoms with Gasteiger partial charge in [-0.25, -0.2) is 4.63 Å². The van der Waals surface area contributed by atoms with E-state index in [2.05, 4.69) is 20.3 Å². The summed E-state index contributed by atoms with van der Waals surface area (Å²) in [6.07, 6.45) is 0. The predicted octanol–water partition coefficient (Wildman–Crippen LogP) is 1.99. The number of carbonyl (C=O) groups excluding carboxylic acids is 1. The third-order valence-electron chi connectivity index (χ3n) is 3.28. The molecule has 3 aromatic rings. The van der Waals surface area contributed by atoms with E-state index in [4.69, 9.17) is 9.47 Å². The van der Waals surface area contributed by atoms with Crippen molar-refractivity contribution in [2.24, 2.45) is 0 Å². The Morgan fingerprint density at radius 3 is 3.05 bits per heavy atom. The first kappa shape index (κ1) is 13.1. The first-order valence-corrected chi connectivity index (χ1v) is 7.56. The Labute approximate surface area is 128 Å². The van der Waals surface area contributed by atoms with Crippen LogP contribution >= 0.6 is 11.3 Å². The van der Waals surface area contributed by atoms with Gasteiger partial charge in [-0.05, 0) is 28.0 Å². The highest BCUT2D eigenvalue weighted by atomic mass is 32.1. The molecule has 3 heterocycles. The van der Waals surface area contributed by atoms with Gasteiger partial charge in [0.25, 0.3) is 5.91 Å². The van der Waals surface area contributed by atoms with Gasteiger partial charge in [0.15, 0.2) is 11.5 Å². The monoisotopic (exact) mass is 317 g/mol. The lowest BCUT2D eigenvalue weighted by Gasteiger charge is -2.15. The molecule has 1 amide bonds. The third kappa shape index (κ3) is 2.27. The van der Waals surface area contributed by atoms with Gasteiger partial charge in [0.05, 0.1) is 0 Å². The minimum atomic E-state index is -0.185. The van der Waals surface area contributed by atoms with Crippen LogP contribution in [0.15, 0.2) is 28.2 Å². The number of nitrogens with zero attached hydrogens (tertiary/aromatic N) is 2. The highest BCUT2D eigenvalue weighted by Gasteiger charge is 2.23. The second-order valence-electron chi connectivity index (χ2n) is 4.73. The average molecular weight is 317 g/mol. The van der Waals surface area contributed by atoms with Gasteiger partial charge in [-0.15, -0.1) is 11.3 Å². The number of hydrogen-bond donors (Lipinski definition) is 1. The van der Waals surface area contributed by atoms with Crippen LogP contribution in [-0.2, 0) is 6.54 Å². The fourth-order valence-corrected chi connectivity index (χ4v) is 3.07. The Hall–Kier alpha value is -2.61. The lowest BCUT2D eigenvalue weighted by molar-refractivity contribution is 0.0946. The zero-order valence-corrected chi connectivity index (χ0v) is 12.2. The number of hydrogen-bond acceptors (Lipinski definition) is 7. The molecule has 1 aliphatic rings. The minimum Gasteiger partial charge on any atom is -0.485 e. The van der Waals surface area contributed by atoms with Crippen molar-refractivity contribution < 1.29 is 18.9 Å². The van der Waals surface area contributed by atoms with Gasteiger partial charge in [0.1, 0.15) is 29.1 Å². The van der Waals surface area contributed by atoms with Gasteiger partial charge in [-0.1, -0.05) is 6.07 Å². The van der Waals surface area contributed by atoms with E-state index in [9.17, 15) is 4.79 Å². The van der Waals surface area contributed by atoms with Crippen LogP contribution in [0.1, 0.15) is 15.2 Å². The molecule has 112 valence electrons. The highest BCUT2D eigenvalue weighted by Crippen LogP contribution is 2.39. The molecule has 8 heteroatoms. The number of nitrogens with one attached hydrogen (secondary N) is 1. The Kier molecular flexibility index (Phi) is 3.15. The molecule has 0 saturated carbocycles. The molecule has 0 radical (unpaired) electrons. The number of ether oxygens (including phenoxy) is 2. The first-order chi connectivity index (χ1) is 10.8. The Bertz CT molecular complexity index is 842. The van der Waals surface area contributed by atoms with Gasteiger partial charge in [-0.2, -0.15) is 0 Å². The van der Waals surface area contributed by atoms with E-state index in [-0.39, 0.29) is 5.91 Å². The number of amides is 1. The van der Waals surface area contributed by atoms with Crippen LogP contribution in [0, 0.1) is 0 Å². The van der Waals surface area contributed by atoms with Crippen LogP contribution in [0.4, 0.5) is 0 Å². The Morgan fingerprint density at radius 1 is 1.23 bits per heavy atom. The second-order valence-corrected chi connectivity index (χ2v) is 5.60. The molecule has 0 spiro atoms. The molecular formula is C14H11N3O4S. The van der Waals surface area contributed by atoms with Crippen LogP contribution in [0.2, 0.25) is 0 Å². The zero-order valence-electron chi connectivity index (χ0n) is 11.4. The number of rotatable bonds is 3. The van der Waals surface area contributed by atoms with E-state index in [1.165, 1.54) is 11.3 Å². The summed E-state index contributed by atoms with van der Waals surface area (Å²) in [6, 6.07) is 5.50. The molecule has 7 nitrogen and oxygen atoms in total. The quantitative estimate of drug-likeness (QED) is 0.795. The number of aromatic nitrogens is 2. The van der Waals surface area contributed by atoms with Crippen LogP contribution in [-0.4, -0.2) is 29.4 Å². The van der Waals surface area contributed by atoms with Crippen molar-refractivity contribution in [2.75, 3.05) is 13.2 Å². The summed E-state index contributed by atoms with van der Waals surface area (Å²) in [4.78, 5) is 12.8. The number of benzene rings is 1. The van der Waals surface area contributed by atoms with Crippen LogP contribution in [0.25, 0.3) is 11.0 Å². The molecule has 0 atom stereocenters. The number of carbonyl (C=O) groups is 1. The number of fused-ring (bicyclic) bond motifs is 2. The topological polar surface area (TPSA) is 86.5 Å². The van der Waals surface area contributed by atoms with E-state index in [1.807, 2.05) is 12.1 Å². The molecule has 2 aromatic heterocycles. The van der Waals surface area contributed by atoms with Gasteiger partial charge < -0.3 is 14.8 Å². The maximum Gasteiger partial charge on any atom is 0.265 e. The van der Waals surface area contributed by atoms with Crippen molar-refractivity contribution in [2.45, 2.75) is 6.54 Å². The fourth-order valence-electron chi connectivity index (χ4n) is 2.22. The summed E-state index contributed by atoms with van der Waals surface area (Å²) in [7, 11) is 0. The summed E-state index contributed by atoms with van der Waals surface area (Å²) in [5.74, 6) is 0.983. The van der Waals surface area contributed by atoms with Crippen molar-refractivity contribution in [3.8, 4) is 11.5 Å². The lowest BCUT2D eigenvalue weighted by atomic mass is 10.2. The summed E-state index contributed by atoms with van der Waals surface area (Å²) in [5, 5.41) is 12.2. The van der Waals surface area contributed by atoms with E-state index >= 15 is 0 Å². The SMILES string of the molecule is O=C(NCc1ccc2nonc2c1)c1scc2c1OCCO2. The summed E-state index contributed by atoms with van der Waals surface area (Å²) >= 11 is 1.31. The van der Waals surface area contributed by atoms with Crippen molar-refractivity contribution in [1.29, 1.82) is 0 Å². The molecule has 0 unspecified atom stereocenters. The Morgan fingerprint density at radius 2 is 2.09 bits per heavy atom. The van der Waals surface area contributed by atoms with Gasteiger partial charge in [-0.3, -0.25) is 4.79 Å². The predicted molar refractivity (Wildman–Crippen MR) is 78.3 cm³/mol. The van der Waals surface area contributed by atoms with E-state index in [1.54, 1.807) is 11.4 Å². The zero-order chi connectivity index (χ0) is 14.9. The van der Waals surface area contributed by atoms with E-state index in [0.717, 1.165) is 5.56 Å². The van der Waals surface area contributed by atoms with Crippen molar-refractivity contribution in [1.82, 2.24) is 15.6 Å². The van der Waals surface area contributed by atoms with Gasteiger partial charge in [0.2, 0.25) is 0 Å². The maximum atomic E-state index is 12.3. The first-order valence-electron chi connectivity index (χ1n) is 6.68. The average Bonchev–Trinajstić information content (AvgIpc) is 3.18. The molecule has 4 rings (SSSR count). The lowest BCUT2D eigenvalue weighted by Crippen LogP contribution is -2.23. The standard InChI is InChI=1S/C14H11N3O4S/c18-14(13-12-11(7-22-13)19-3-4-20-12)15-6-8-1-2-9-10(5-8)17-21-16-9/h1-2,5,7H,3-4,6H2,(H,15,18). The third-order valence-corrected chi connectivity index (χ3v) is 4.22. The summed E-state index contributed by atoms with van der Waals surface area (Å²) in [5.41, 5.74) is 2.27. The molecule has 0 aliphatic carbocycles. The van der Waals surface area contributed by atoms with Gasteiger partial charge >= 0.3 is 0 Å². The van der Waals surface area contributed by atoms with Crippen molar-refractivity contribution in [3.63, 3.8) is 0 Å². The van der Waals surface area contributed by atoms with Crippen LogP contribution < -0.4 is 14.8 Å². The molecule has 1 N–H and O–H groups in total. The Balaban J connectivity index is 1.49. The van der Waals surface area contributed by atoms with E-state index < -0.39 is 0 Å². The molecular weight excluding hydrogens is 306 g/mol. The second kappa shape index (κ2) is 5.30. The molecule has 0 fully saturated rings. The highest BCUT2D eigenvalue weighted by molar-refractivity contribution is 7.12. The molecule has 0 bridgehead atoms. The van der Waals surface area contributed by atoms with Crippen LogP contribution in [0.3, 0.4) is 0 Å². The van der Waals surface area contributed by atoms with Crippen molar-refractivity contribution >= 4 is 28.3 Å². The maximum absolute atomic E-state index is 12.3. The molecule has 22 heavy (non-hydrogen) atoms. The van der Waals surface area contributed by atoms with Crippen LogP contribution in [0.5, 0.6) is 11.5 Å². The van der Waals surface area contributed by atoms with Crippen molar-refractivity contribution in [3.05, 3.63) is 34.0 Å². The number of thiophene rings is 1. The summed E-state index contributed by atoms with van der Waals surface area (Å²) < 4.78 is 15.6. The van der Waals surface area contributed by atoms with E-state index in [0.29, 0.717) is 47.2 Å². The molecule has 1 aromatic carbocycles. The smallest absolute Gasteiger partial charge is 0.265 e. The molecule has 0 saturated heterocycles. The minimum absolute atomic E-state index is 0.185. The fraction of sp³-hybridized carbons (Fsp3) is 0.214. The molecule has 1 aliphatic heterocycles.